The van der Waals surface area contributed by atoms with Crippen molar-refractivity contribution in [2.75, 3.05) is 31.6 Å². The molecular formula is C20H24N2O2. The molecule has 4 heteroatoms. The zero-order valence-electron chi connectivity index (χ0n) is 13.9. The predicted octanol–water partition coefficient (Wildman–Crippen LogP) is 3.53. The maximum Gasteiger partial charge on any atom is 0.161 e. The van der Waals surface area contributed by atoms with E-state index in [0.717, 1.165) is 31.1 Å². The van der Waals surface area contributed by atoms with Crippen LogP contribution in [0, 0.1) is 0 Å². The molecule has 0 aliphatic carbocycles. The molecule has 2 aliphatic heterocycles. The molecule has 2 heterocycles. The van der Waals surface area contributed by atoms with Crippen molar-refractivity contribution in [2.24, 2.45) is 0 Å². The first-order chi connectivity index (χ1) is 11.9. The number of piperidine rings is 1. The topological polar surface area (TPSA) is 33.7 Å². The Morgan fingerprint density at radius 3 is 2.71 bits per heavy atom. The Hall–Kier alpha value is -2.20. The molecule has 0 bridgehead atoms. The molecule has 2 aromatic rings. The highest BCUT2D eigenvalue weighted by Gasteiger charge is 2.20. The molecular weight excluding hydrogens is 300 g/mol. The fourth-order valence-electron chi connectivity index (χ4n) is 3.53. The number of nitrogens with one attached hydrogen (secondary N) is 1. The van der Waals surface area contributed by atoms with Crippen molar-refractivity contribution in [3.63, 3.8) is 0 Å². The van der Waals surface area contributed by atoms with Crippen LogP contribution < -0.4 is 14.8 Å². The van der Waals surface area contributed by atoms with Crippen LogP contribution in [0.5, 0.6) is 11.5 Å². The zero-order chi connectivity index (χ0) is 16.2. The number of hydrogen-bond donors (Lipinski definition) is 1. The van der Waals surface area contributed by atoms with Gasteiger partial charge in [0, 0.05) is 24.8 Å². The summed E-state index contributed by atoms with van der Waals surface area (Å²) in [5, 5.41) is 3.66. The van der Waals surface area contributed by atoms with Gasteiger partial charge in [0.05, 0.1) is 0 Å². The molecule has 2 aromatic carbocycles. The number of nitrogens with zero attached hydrogens (tertiary/aromatic N) is 1. The summed E-state index contributed by atoms with van der Waals surface area (Å²) in [6.07, 6.45) is 2.46. The van der Waals surface area contributed by atoms with E-state index in [1.807, 2.05) is 6.07 Å². The summed E-state index contributed by atoms with van der Waals surface area (Å²) >= 11 is 0. The highest BCUT2D eigenvalue weighted by Crippen LogP contribution is 2.31. The number of hydrogen-bond acceptors (Lipinski definition) is 4. The Bertz CT molecular complexity index is 675. The van der Waals surface area contributed by atoms with Gasteiger partial charge in [0.2, 0.25) is 0 Å². The fourth-order valence-corrected chi connectivity index (χ4v) is 3.53. The van der Waals surface area contributed by atoms with E-state index in [0.29, 0.717) is 19.3 Å². The lowest BCUT2D eigenvalue weighted by Gasteiger charge is -2.34. The summed E-state index contributed by atoms with van der Waals surface area (Å²) in [6.45, 7) is 4.48. The molecule has 0 amide bonds. The van der Waals surface area contributed by atoms with E-state index in [-0.39, 0.29) is 0 Å². The maximum atomic E-state index is 5.70. The Labute approximate surface area is 143 Å². The minimum absolute atomic E-state index is 0.512. The number of anilines is 1. The quantitative estimate of drug-likeness (QED) is 0.933. The largest absolute Gasteiger partial charge is 0.486 e. The Morgan fingerprint density at radius 2 is 1.83 bits per heavy atom. The Kier molecular flexibility index (Phi) is 4.56. The SMILES string of the molecule is c1ccc(NC2CCCN(Cc3ccc4c(c3)OCCO4)C2)cc1. The summed E-state index contributed by atoms with van der Waals surface area (Å²) in [5.74, 6) is 1.75. The van der Waals surface area contributed by atoms with Crippen molar-refractivity contribution in [1.29, 1.82) is 0 Å². The van der Waals surface area contributed by atoms with Gasteiger partial charge >= 0.3 is 0 Å². The van der Waals surface area contributed by atoms with Gasteiger partial charge in [-0.2, -0.15) is 0 Å². The molecule has 0 spiro atoms. The number of para-hydroxylation sites is 1. The Morgan fingerprint density at radius 1 is 1.00 bits per heavy atom. The van der Waals surface area contributed by atoms with Crippen LogP contribution in [0.1, 0.15) is 18.4 Å². The van der Waals surface area contributed by atoms with E-state index in [4.69, 9.17) is 9.47 Å². The summed E-state index contributed by atoms with van der Waals surface area (Å²) < 4.78 is 11.3. The molecule has 2 aliphatic rings. The van der Waals surface area contributed by atoms with Gasteiger partial charge in [0.1, 0.15) is 13.2 Å². The molecule has 1 atom stereocenters. The van der Waals surface area contributed by atoms with Crippen LogP contribution in [0.15, 0.2) is 48.5 Å². The standard InChI is InChI=1S/C20H24N2O2/c1-2-5-17(6-3-1)21-18-7-4-10-22(15-18)14-16-8-9-19-20(13-16)24-12-11-23-19/h1-3,5-6,8-9,13,18,21H,4,7,10-12,14-15H2. The summed E-state index contributed by atoms with van der Waals surface area (Å²) in [7, 11) is 0. The second kappa shape index (κ2) is 7.14. The van der Waals surface area contributed by atoms with Gasteiger partial charge in [-0.05, 0) is 49.2 Å². The molecule has 0 aromatic heterocycles. The average molecular weight is 324 g/mol. The highest BCUT2D eigenvalue weighted by molar-refractivity contribution is 5.44. The number of benzene rings is 2. The predicted molar refractivity (Wildman–Crippen MR) is 95.8 cm³/mol. The van der Waals surface area contributed by atoms with E-state index < -0.39 is 0 Å². The van der Waals surface area contributed by atoms with Crippen LogP contribution >= 0.6 is 0 Å². The molecule has 1 saturated heterocycles. The fraction of sp³-hybridized carbons (Fsp3) is 0.400. The molecule has 1 N–H and O–H groups in total. The van der Waals surface area contributed by atoms with Crippen LogP contribution in [0.2, 0.25) is 0 Å². The molecule has 4 rings (SSSR count). The van der Waals surface area contributed by atoms with Crippen molar-refractivity contribution in [3.05, 3.63) is 54.1 Å². The first-order valence-corrected chi connectivity index (χ1v) is 8.79. The smallest absolute Gasteiger partial charge is 0.161 e. The highest BCUT2D eigenvalue weighted by atomic mass is 16.6. The monoisotopic (exact) mass is 324 g/mol. The summed E-state index contributed by atoms with van der Waals surface area (Å²) in [4.78, 5) is 2.52. The van der Waals surface area contributed by atoms with Crippen LogP contribution in [0.3, 0.4) is 0 Å². The van der Waals surface area contributed by atoms with Crippen molar-refractivity contribution in [1.82, 2.24) is 4.90 Å². The van der Waals surface area contributed by atoms with E-state index >= 15 is 0 Å². The van der Waals surface area contributed by atoms with Gasteiger partial charge in [-0.15, -0.1) is 0 Å². The maximum absolute atomic E-state index is 5.70. The van der Waals surface area contributed by atoms with Crippen molar-refractivity contribution < 1.29 is 9.47 Å². The van der Waals surface area contributed by atoms with Gasteiger partial charge < -0.3 is 14.8 Å². The third kappa shape index (κ3) is 3.65. The lowest BCUT2D eigenvalue weighted by molar-refractivity contribution is 0.170. The second-order valence-corrected chi connectivity index (χ2v) is 6.56. The molecule has 0 saturated carbocycles. The first kappa shape index (κ1) is 15.3. The van der Waals surface area contributed by atoms with Crippen LogP contribution in [-0.4, -0.2) is 37.2 Å². The first-order valence-electron chi connectivity index (χ1n) is 8.79. The third-order valence-corrected chi connectivity index (χ3v) is 4.66. The van der Waals surface area contributed by atoms with Gasteiger partial charge in [-0.1, -0.05) is 24.3 Å². The average Bonchev–Trinajstić information content (AvgIpc) is 2.63. The number of rotatable bonds is 4. The zero-order valence-corrected chi connectivity index (χ0v) is 13.9. The number of likely N-dealkylation sites (tertiary alicyclic amines) is 1. The second-order valence-electron chi connectivity index (χ2n) is 6.56. The Balaban J connectivity index is 1.38. The minimum atomic E-state index is 0.512. The van der Waals surface area contributed by atoms with Gasteiger partial charge in [-0.3, -0.25) is 4.90 Å². The third-order valence-electron chi connectivity index (χ3n) is 4.66. The van der Waals surface area contributed by atoms with E-state index in [1.54, 1.807) is 0 Å². The number of ether oxygens (including phenoxy) is 2. The van der Waals surface area contributed by atoms with Crippen molar-refractivity contribution >= 4 is 5.69 Å². The molecule has 126 valence electrons. The van der Waals surface area contributed by atoms with Crippen molar-refractivity contribution in [3.8, 4) is 11.5 Å². The van der Waals surface area contributed by atoms with Gasteiger partial charge in [0.15, 0.2) is 11.5 Å². The van der Waals surface area contributed by atoms with Crippen LogP contribution in [-0.2, 0) is 6.54 Å². The molecule has 0 radical (unpaired) electrons. The summed E-state index contributed by atoms with van der Waals surface area (Å²) in [5.41, 5.74) is 2.50. The van der Waals surface area contributed by atoms with E-state index in [2.05, 4.69) is 52.7 Å². The molecule has 24 heavy (non-hydrogen) atoms. The normalized spacial score (nSPS) is 20.6. The van der Waals surface area contributed by atoms with E-state index in [1.165, 1.54) is 24.1 Å². The van der Waals surface area contributed by atoms with Crippen molar-refractivity contribution in [2.45, 2.75) is 25.4 Å². The lowest BCUT2D eigenvalue weighted by atomic mass is 10.0. The van der Waals surface area contributed by atoms with Crippen LogP contribution in [0.25, 0.3) is 0 Å². The minimum Gasteiger partial charge on any atom is -0.486 e. The van der Waals surface area contributed by atoms with Gasteiger partial charge in [0.25, 0.3) is 0 Å². The van der Waals surface area contributed by atoms with Crippen LogP contribution in [0.4, 0.5) is 5.69 Å². The lowest BCUT2D eigenvalue weighted by Crippen LogP contribution is -2.41. The number of fused-ring (bicyclic) bond motifs is 1. The summed E-state index contributed by atoms with van der Waals surface area (Å²) in [6, 6.07) is 17.3. The molecule has 1 unspecified atom stereocenters. The molecule has 4 nitrogen and oxygen atoms in total. The van der Waals surface area contributed by atoms with E-state index in [9.17, 15) is 0 Å². The molecule has 1 fully saturated rings. The van der Waals surface area contributed by atoms with Gasteiger partial charge in [-0.25, -0.2) is 0 Å².